The summed E-state index contributed by atoms with van der Waals surface area (Å²) in [5.41, 5.74) is 5.07. The lowest BCUT2D eigenvalue weighted by atomic mass is 9.90. The molecule has 0 spiro atoms. The van der Waals surface area contributed by atoms with E-state index in [9.17, 15) is 9.59 Å². The molecule has 1 aliphatic rings. The molecule has 7 heteroatoms. The Bertz CT molecular complexity index is 293. The van der Waals surface area contributed by atoms with Crippen molar-refractivity contribution in [2.75, 3.05) is 20.3 Å². The van der Waals surface area contributed by atoms with Crippen LogP contribution in [0.4, 0.5) is 0 Å². The normalized spacial score (nSPS) is 19.3. The van der Waals surface area contributed by atoms with Crippen molar-refractivity contribution >= 4 is 24.3 Å². The van der Waals surface area contributed by atoms with Crippen LogP contribution in [0.25, 0.3) is 0 Å². The van der Waals surface area contributed by atoms with Gasteiger partial charge in [-0.15, -0.1) is 12.4 Å². The van der Waals surface area contributed by atoms with Gasteiger partial charge in [-0.3, -0.25) is 4.79 Å². The standard InChI is InChI=1S/C11H20N2O4.ClH/c1-3-8(9(14)16-2)13-10(15)11(12)4-6-17-7-5-11;/h8H,3-7,12H2,1-2H3,(H,13,15);1H. The molecule has 1 amide bonds. The first-order valence-corrected chi connectivity index (χ1v) is 5.79. The lowest BCUT2D eigenvalue weighted by Gasteiger charge is -2.32. The molecular formula is C11H21ClN2O4. The highest BCUT2D eigenvalue weighted by atomic mass is 35.5. The van der Waals surface area contributed by atoms with E-state index in [-0.39, 0.29) is 18.3 Å². The molecule has 0 aliphatic carbocycles. The van der Waals surface area contributed by atoms with E-state index in [0.29, 0.717) is 32.5 Å². The molecule has 0 aromatic heterocycles. The molecular weight excluding hydrogens is 260 g/mol. The van der Waals surface area contributed by atoms with Crippen LogP contribution in [0.1, 0.15) is 26.2 Å². The third-order valence-corrected chi connectivity index (χ3v) is 3.04. The van der Waals surface area contributed by atoms with Crippen LogP contribution in [0.15, 0.2) is 0 Å². The van der Waals surface area contributed by atoms with Gasteiger partial charge in [0.25, 0.3) is 0 Å². The largest absolute Gasteiger partial charge is 0.467 e. The van der Waals surface area contributed by atoms with Crippen LogP contribution in [-0.2, 0) is 19.1 Å². The number of hydrogen-bond acceptors (Lipinski definition) is 5. The number of methoxy groups -OCH3 is 1. The molecule has 1 atom stereocenters. The highest BCUT2D eigenvalue weighted by molar-refractivity contribution is 5.90. The average molecular weight is 281 g/mol. The van der Waals surface area contributed by atoms with E-state index >= 15 is 0 Å². The zero-order valence-corrected chi connectivity index (χ0v) is 11.5. The van der Waals surface area contributed by atoms with E-state index in [1.165, 1.54) is 7.11 Å². The molecule has 3 N–H and O–H groups in total. The van der Waals surface area contributed by atoms with Gasteiger partial charge in [-0.1, -0.05) is 6.92 Å². The summed E-state index contributed by atoms with van der Waals surface area (Å²) < 4.78 is 9.77. The molecule has 106 valence electrons. The summed E-state index contributed by atoms with van der Waals surface area (Å²) in [4.78, 5) is 23.4. The summed E-state index contributed by atoms with van der Waals surface area (Å²) in [5, 5.41) is 2.63. The molecule has 6 nitrogen and oxygen atoms in total. The second kappa shape index (κ2) is 7.56. The summed E-state index contributed by atoms with van der Waals surface area (Å²) in [6.07, 6.45) is 1.41. The minimum atomic E-state index is -0.931. The lowest BCUT2D eigenvalue weighted by Crippen LogP contribution is -2.59. The predicted molar refractivity (Wildman–Crippen MR) is 68.5 cm³/mol. The van der Waals surface area contributed by atoms with Crippen LogP contribution in [0.5, 0.6) is 0 Å². The Morgan fingerprint density at radius 2 is 2.00 bits per heavy atom. The van der Waals surface area contributed by atoms with Crippen molar-refractivity contribution in [1.82, 2.24) is 5.32 Å². The van der Waals surface area contributed by atoms with E-state index in [4.69, 9.17) is 10.5 Å². The minimum absolute atomic E-state index is 0. The van der Waals surface area contributed by atoms with Gasteiger partial charge in [-0.25, -0.2) is 4.79 Å². The minimum Gasteiger partial charge on any atom is -0.467 e. The van der Waals surface area contributed by atoms with Crippen LogP contribution < -0.4 is 11.1 Å². The Kier molecular flexibility index (Phi) is 7.20. The number of nitrogens with two attached hydrogens (primary N) is 1. The summed E-state index contributed by atoms with van der Waals surface area (Å²) >= 11 is 0. The Labute approximate surface area is 113 Å². The van der Waals surface area contributed by atoms with Gasteiger partial charge in [0, 0.05) is 13.2 Å². The first-order valence-electron chi connectivity index (χ1n) is 5.79. The van der Waals surface area contributed by atoms with Gasteiger partial charge in [-0.05, 0) is 19.3 Å². The monoisotopic (exact) mass is 280 g/mol. The van der Waals surface area contributed by atoms with Gasteiger partial charge in [0.2, 0.25) is 5.91 Å². The third kappa shape index (κ3) is 4.12. The van der Waals surface area contributed by atoms with Gasteiger partial charge >= 0.3 is 5.97 Å². The predicted octanol–water partition coefficient (Wildman–Crippen LogP) is -0.0161. The molecule has 0 bridgehead atoms. The number of ether oxygens (including phenoxy) is 2. The zero-order valence-electron chi connectivity index (χ0n) is 10.7. The number of rotatable bonds is 4. The van der Waals surface area contributed by atoms with Crippen LogP contribution in [-0.4, -0.2) is 43.8 Å². The molecule has 0 saturated carbocycles. The Balaban J connectivity index is 0.00000289. The molecule has 0 aromatic rings. The Hall–Kier alpha value is -0.850. The van der Waals surface area contributed by atoms with Crippen molar-refractivity contribution in [2.45, 2.75) is 37.8 Å². The van der Waals surface area contributed by atoms with Gasteiger partial charge in [0.1, 0.15) is 6.04 Å². The fourth-order valence-electron chi connectivity index (χ4n) is 1.73. The number of hydrogen-bond donors (Lipinski definition) is 2. The first kappa shape index (κ1) is 17.2. The van der Waals surface area contributed by atoms with Gasteiger partial charge in [0.15, 0.2) is 0 Å². The third-order valence-electron chi connectivity index (χ3n) is 3.04. The topological polar surface area (TPSA) is 90.7 Å². The number of carbonyl (C=O) groups excluding carboxylic acids is 2. The van der Waals surface area contributed by atoms with Crippen molar-refractivity contribution in [3.05, 3.63) is 0 Å². The highest BCUT2D eigenvalue weighted by Gasteiger charge is 2.37. The maximum Gasteiger partial charge on any atom is 0.328 e. The number of halogens is 1. The number of nitrogens with one attached hydrogen (secondary N) is 1. The second-order valence-corrected chi connectivity index (χ2v) is 4.23. The molecule has 0 aromatic carbocycles. The number of amides is 1. The fourth-order valence-corrected chi connectivity index (χ4v) is 1.73. The molecule has 18 heavy (non-hydrogen) atoms. The number of esters is 1. The highest BCUT2D eigenvalue weighted by Crippen LogP contribution is 2.18. The Morgan fingerprint density at radius 3 is 2.44 bits per heavy atom. The van der Waals surface area contributed by atoms with E-state index < -0.39 is 17.6 Å². The Morgan fingerprint density at radius 1 is 1.44 bits per heavy atom. The SMILES string of the molecule is CCC(NC(=O)C1(N)CCOCC1)C(=O)OC.Cl. The quantitative estimate of drug-likeness (QED) is 0.707. The maximum atomic E-state index is 12.0. The molecule has 1 heterocycles. The van der Waals surface area contributed by atoms with Crippen LogP contribution in [0.3, 0.4) is 0 Å². The van der Waals surface area contributed by atoms with E-state index in [0.717, 1.165) is 0 Å². The molecule has 1 saturated heterocycles. The summed E-state index contributed by atoms with van der Waals surface area (Å²) in [5.74, 6) is -0.755. The van der Waals surface area contributed by atoms with Crippen molar-refractivity contribution in [2.24, 2.45) is 5.73 Å². The zero-order chi connectivity index (χ0) is 12.9. The van der Waals surface area contributed by atoms with Crippen molar-refractivity contribution in [1.29, 1.82) is 0 Å². The smallest absolute Gasteiger partial charge is 0.328 e. The molecule has 1 fully saturated rings. The molecule has 0 radical (unpaired) electrons. The average Bonchev–Trinajstić information content (AvgIpc) is 2.35. The number of carbonyl (C=O) groups is 2. The summed E-state index contributed by atoms with van der Waals surface area (Å²) in [7, 11) is 1.30. The molecule has 1 aliphatic heterocycles. The van der Waals surface area contributed by atoms with Crippen molar-refractivity contribution in [3.63, 3.8) is 0 Å². The van der Waals surface area contributed by atoms with Crippen LogP contribution in [0, 0.1) is 0 Å². The molecule has 1 rings (SSSR count). The van der Waals surface area contributed by atoms with Crippen molar-refractivity contribution in [3.8, 4) is 0 Å². The van der Waals surface area contributed by atoms with Gasteiger partial charge in [0.05, 0.1) is 12.6 Å². The van der Waals surface area contributed by atoms with E-state index in [1.54, 1.807) is 6.92 Å². The fraction of sp³-hybridized carbons (Fsp3) is 0.818. The summed E-state index contributed by atoms with van der Waals surface area (Å²) in [6, 6.07) is -0.629. The van der Waals surface area contributed by atoms with Gasteiger partial charge < -0.3 is 20.5 Å². The van der Waals surface area contributed by atoms with E-state index in [2.05, 4.69) is 10.1 Å². The van der Waals surface area contributed by atoms with Crippen LogP contribution >= 0.6 is 12.4 Å². The summed E-state index contributed by atoms with van der Waals surface area (Å²) in [6.45, 7) is 2.74. The van der Waals surface area contributed by atoms with Gasteiger partial charge in [-0.2, -0.15) is 0 Å². The van der Waals surface area contributed by atoms with Crippen LogP contribution in [0.2, 0.25) is 0 Å². The maximum absolute atomic E-state index is 12.0. The first-order chi connectivity index (χ1) is 8.03. The second-order valence-electron chi connectivity index (χ2n) is 4.23. The lowest BCUT2D eigenvalue weighted by molar-refractivity contribution is -0.146. The molecule has 1 unspecified atom stereocenters. The van der Waals surface area contributed by atoms with E-state index in [1.807, 2.05) is 0 Å². The van der Waals surface area contributed by atoms with Crippen molar-refractivity contribution < 1.29 is 19.1 Å².